The first-order chi connectivity index (χ1) is 21.9. The molecule has 0 heterocycles. The highest BCUT2D eigenvalue weighted by Gasteiger charge is 2.39. The first kappa shape index (κ1) is 27.4. The normalized spacial score (nSPS) is 13.9. The van der Waals surface area contributed by atoms with Crippen molar-refractivity contribution in [3.05, 3.63) is 179 Å². The van der Waals surface area contributed by atoms with E-state index >= 15 is 0 Å². The van der Waals surface area contributed by atoms with Gasteiger partial charge in [-0.2, -0.15) is 0 Å². The molecule has 0 heteroatoms. The lowest BCUT2D eigenvalue weighted by molar-refractivity contribution is 0.704. The van der Waals surface area contributed by atoms with Gasteiger partial charge in [0.1, 0.15) is 0 Å². The summed E-state index contributed by atoms with van der Waals surface area (Å²) in [7, 11) is 0. The van der Waals surface area contributed by atoms with E-state index in [-0.39, 0.29) is 5.41 Å². The van der Waals surface area contributed by atoms with Gasteiger partial charge in [-0.15, -0.1) is 0 Å². The van der Waals surface area contributed by atoms with E-state index in [0.717, 1.165) is 0 Å². The smallest absolute Gasteiger partial charge is 0.0165 e. The molecular weight excluding hydrogens is 540 g/mol. The fourth-order valence-corrected chi connectivity index (χ4v) is 7.62. The fourth-order valence-electron chi connectivity index (χ4n) is 7.62. The van der Waals surface area contributed by atoms with Crippen molar-refractivity contribution in [2.75, 3.05) is 0 Å². The summed E-state index contributed by atoms with van der Waals surface area (Å²) < 4.78 is 0. The Hall–Kier alpha value is -5.20. The molecule has 7 aromatic carbocycles. The highest BCUT2D eigenvalue weighted by Crippen LogP contribution is 2.54. The Bertz CT molecular complexity index is 2200. The second-order valence-electron chi connectivity index (χ2n) is 13.1. The van der Waals surface area contributed by atoms with Crippen LogP contribution in [0.2, 0.25) is 0 Å². The van der Waals surface area contributed by atoms with Gasteiger partial charge in [-0.3, -0.25) is 0 Å². The van der Waals surface area contributed by atoms with Crippen LogP contribution in [0.3, 0.4) is 0 Å². The quantitative estimate of drug-likeness (QED) is 0.183. The molecule has 7 aromatic rings. The van der Waals surface area contributed by atoms with E-state index in [9.17, 15) is 0 Å². The molecule has 0 saturated heterocycles. The number of fused-ring (bicyclic) bond motifs is 3. The Kier molecular flexibility index (Phi) is 6.36. The summed E-state index contributed by atoms with van der Waals surface area (Å²) in [5.41, 5.74) is 15.5. The fraction of sp³-hybridized carbons (Fsp3) is 0.111. The maximum absolute atomic E-state index is 2.49. The maximum atomic E-state index is 2.49. The second-order valence-corrected chi connectivity index (χ2v) is 13.1. The molecule has 0 spiro atoms. The Labute approximate surface area is 266 Å². The van der Waals surface area contributed by atoms with E-state index in [4.69, 9.17) is 0 Å². The third-order valence-electron chi connectivity index (χ3n) is 9.80. The molecule has 1 aliphatic carbocycles. The molecular formula is C45H36. The number of allylic oxidation sites excluding steroid dienone is 1. The van der Waals surface area contributed by atoms with Gasteiger partial charge < -0.3 is 0 Å². The van der Waals surface area contributed by atoms with Crippen molar-refractivity contribution in [2.24, 2.45) is 0 Å². The number of hydrogen-bond donors (Lipinski definition) is 0. The van der Waals surface area contributed by atoms with E-state index in [1.807, 2.05) is 0 Å². The van der Waals surface area contributed by atoms with Crippen LogP contribution in [0.1, 0.15) is 47.2 Å². The van der Waals surface area contributed by atoms with E-state index in [1.165, 1.54) is 88.3 Å². The summed E-state index contributed by atoms with van der Waals surface area (Å²) >= 11 is 0. The van der Waals surface area contributed by atoms with Crippen LogP contribution in [0.4, 0.5) is 0 Å². The Morgan fingerprint density at radius 2 is 0.844 bits per heavy atom. The van der Waals surface area contributed by atoms with E-state index in [0.29, 0.717) is 0 Å². The molecule has 0 aromatic heterocycles. The molecule has 8 rings (SSSR count). The molecule has 0 N–H and O–H groups in total. The van der Waals surface area contributed by atoms with Gasteiger partial charge in [0, 0.05) is 5.41 Å². The Morgan fingerprint density at radius 1 is 0.400 bits per heavy atom. The summed E-state index contributed by atoms with van der Waals surface area (Å²) in [6.45, 7) is 9.13. The number of hydrogen-bond acceptors (Lipinski definition) is 0. The van der Waals surface area contributed by atoms with Crippen LogP contribution in [-0.2, 0) is 5.41 Å². The van der Waals surface area contributed by atoms with Gasteiger partial charge in [-0.05, 0) is 97.1 Å². The van der Waals surface area contributed by atoms with Crippen molar-refractivity contribution in [1.82, 2.24) is 0 Å². The van der Waals surface area contributed by atoms with Crippen LogP contribution in [0.5, 0.6) is 0 Å². The zero-order valence-electron chi connectivity index (χ0n) is 26.4. The Balaban J connectivity index is 1.40. The van der Waals surface area contributed by atoms with E-state index in [1.54, 1.807) is 0 Å². The number of aryl methyl sites for hydroxylation is 2. The van der Waals surface area contributed by atoms with Gasteiger partial charge >= 0.3 is 0 Å². The minimum absolute atomic E-state index is 0.184. The van der Waals surface area contributed by atoms with Crippen molar-refractivity contribution in [3.8, 4) is 22.3 Å². The second kappa shape index (κ2) is 10.5. The van der Waals surface area contributed by atoms with Crippen LogP contribution < -0.4 is 0 Å². The molecule has 0 bridgehead atoms. The van der Waals surface area contributed by atoms with Crippen molar-refractivity contribution in [2.45, 2.75) is 33.1 Å². The predicted molar refractivity (Wildman–Crippen MR) is 194 cm³/mol. The molecule has 0 radical (unpaired) electrons. The van der Waals surface area contributed by atoms with Crippen LogP contribution >= 0.6 is 0 Å². The van der Waals surface area contributed by atoms with Gasteiger partial charge in [0.15, 0.2) is 0 Å². The lowest BCUT2D eigenvalue weighted by Crippen LogP contribution is -2.16. The van der Waals surface area contributed by atoms with Gasteiger partial charge in [-0.25, -0.2) is 0 Å². The summed E-state index contributed by atoms with van der Waals surface area (Å²) in [5.74, 6) is 0. The van der Waals surface area contributed by atoms with Gasteiger partial charge in [0.05, 0.1) is 0 Å². The number of rotatable bonds is 4. The molecule has 0 amide bonds. The average molecular weight is 577 g/mol. The van der Waals surface area contributed by atoms with Crippen molar-refractivity contribution >= 4 is 32.7 Å². The van der Waals surface area contributed by atoms with Crippen LogP contribution in [0.25, 0.3) is 54.9 Å². The molecule has 1 aliphatic rings. The average Bonchev–Trinajstić information content (AvgIpc) is 3.30. The molecule has 0 fully saturated rings. The topological polar surface area (TPSA) is 0 Å². The van der Waals surface area contributed by atoms with Crippen LogP contribution in [0.15, 0.2) is 146 Å². The van der Waals surface area contributed by atoms with Crippen LogP contribution in [0, 0.1) is 13.8 Å². The standard InChI is InChI=1S/C45H36/c1-29-18-22-32(23-19-29)43-39-27-26-34(28-40(39)45(3,4)44(43)33-24-20-30(2)21-25-33)42-37-16-10-8-14-35(37)41(31-12-6-5-7-13-31)36-15-9-11-17-38(36)42/h5-28H,1-4H3. The van der Waals surface area contributed by atoms with Crippen molar-refractivity contribution in [1.29, 1.82) is 0 Å². The maximum Gasteiger partial charge on any atom is 0.0165 e. The monoisotopic (exact) mass is 576 g/mol. The first-order valence-corrected chi connectivity index (χ1v) is 15.9. The van der Waals surface area contributed by atoms with E-state index < -0.39 is 0 Å². The van der Waals surface area contributed by atoms with E-state index in [2.05, 4.69) is 173 Å². The zero-order chi connectivity index (χ0) is 30.7. The predicted octanol–water partition coefficient (Wildman–Crippen LogP) is 12.2. The minimum Gasteiger partial charge on any atom is -0.0622 e. The SMILES string of the molecule is Cc1ccc(C2=C(c3ccc(C)cc3)C(C)(C)c3cc(-c4c5ccccc5c(-c5ccccc5)c5ccccc45)ccc32)cc1. The van der Waals surface area contributed by atoms with Crippen molar-refractivity contribution in [3.63, 3.8) is 0 Å². The van der Waals surface area contributed by atoms with Gasteiger partial charge in [-0.1, -0.05) is 165 Å². The third-order valence-corrected chi connectivity index (χ3v) is 9.80. The molecule has 216 valence electrons. The highest BCUT2D eigenvalue weighted by molar-refractivity contribution is 6.21. The summed E-state index contributed by atoms with van der Waals surface area (Å²) in [6, 6.07) is 54.1. The Morgan fingerprint density at radius 3 is 1.38 bits per heavy atom. The molecule has 45 heavy (non-hydrogen) atoms. The summed E-state index contributed by atoms with van der Waals surface area (Å²) in [4.78, 5) is 0. The molecule has 0 saturated carbocycles. The first-order valence-electron chi connectivity index (χ1n) is 15.9. The molecule has 0 unspecified atom stereocenters. The number of benzene rings is 7. The summed E-state index contributed by atoms with van der Waals surface area (Å²) in [5, 5.41) is 5.15. The molecule has 0 atom stereocenters. The zero-order valence-corrected chi connectivity index (χ0v) is 26.4. The van der Waals surface area contributed by atoms with Crippen molar-refractivity contribution < 1.29 is 0 Å². The molecule has 0 nitrogen and oxygen atoms in total. The lowest BCUT2D eigenvalue weighted by atomic mass is 9.77. The molecule has 0 aliphatic heterocycles. The minimum atomic E-state index is -0.184. The largest absolute Gasteiger partial charge is 0.0622 e. The highest BCUT2D eigenvalue weighted by atomic mass is 14.4. The lowest BCUT2D eigenvalue weighted by Gasteiger charge is -2.26. The van der Waals surface area contributed by atoms with Gasteiger partial charge in [0.2, 0.25) is 0 Å². The summed E-state index contributed by atoms with van der Waals surface area (Å²) in [6.07, 6.45) is 0. The van der Waals surface area contributed by atoms with Gasteiger partial charge in [0.25, 0.3) is 0 Å². The van der Waals surface area contributed by atoms with Crippen LogP contribution in [-0.4, -0.2) is 0 Å². The third kappa shape index (κ3) is 4.36.